The highest BCUT2D eigenvalue weighted by atomic mass is 35.5. The van der Waals surface area contributed by atoms with Crippen LogP contribution in [0.1, 0.15) is 22.3 Å². The molecule has 1 atom stereocenters. The lowest BCUT2D eigenvalue weighted by Crippen LogP contribution is -1.97. The zero-order valence-electron chi connectivity index (χ0n) is 11.7. The molecule has 0 spiro atoms. The van der Waals surface area contributed by atoms with Crippen molar-refractivity contribution < 1.29 is 4.52 Å². The Morgan fingerprint density at radius 1 is 0.955 bits per heavy atom. The number of hydrogen-bond donors (Lipinski definition) is 0. The minimum absolute atomic E-state index is 0.394. The number of alkyl halides is 1. The summed E-state index contributed by atoms with van der Waals surface area (Å²) in [4.78, 5) is 0. The first-order chi connectivity index (χ1) is 10.6. The molecule has 2 aromatic carbocycles. The molecule has 0 N–H and O–H groups in total. The van der Waals surface area contributed by atoms with Crippen molar-refractivity contribution in [1.82, 2.24) is 5.16 Å². The number of benzene rings is 2. The van der Waals surface area contributed by atoms with Gasteiger partial charge in [-0.2, -0.15) is 0 Å². The summed E-state index contributed by atoms with van der Waals surface area (Å²) in [5.74, 6) is 0.648. The highest BCUT2D eigenvalue weighted by Gasteiger charge is 2.25. The molecule has 3 aromatic rings. The van der Waals surface area contributed by atoms with Crippen LogP contribution in [-0.2, 0) is 0 Å². The minimum atomic E-state index is -0.394. The maximum Gasteiger partial charge on any atom is 0.139 e. The van der Waals surface area contributed by atoms with Crippen molar-refractivity contribution in [3.05, 3.63) is 75.5 Å². The Labute approximate surface area is 143 Å². The molecular weight excluding hydrogens is 341 g/mol. The molecule has 0 saturated heterocycles. The van der Waals surface area contributed by atoms with Crippen LogP contribution < -0.4 is 0 Å². The quantitative estimate of drug-likeness (QED) is 0.518. The van der Waals surface area contributed by atoms with Crippen molar-refractivity contribution in [2.45, 2.75) is 12.3 Å². The standard InChI is InChI=1S/C17H12Cl3NO/c1-10-14(16(20)11-6-3-2-4-7-11)17(21-22-10)15-12(18)8-5-9-13(15)19/h2-9,16H,1H3. The minimum Gasteiger partial charge on any atom is -0.361 e. The molecule has 22 heavy (non-hydrogen) atoms. The molecule has 0 aliphatic heterocycles. The maximum absolute atomic E-state index is 6.65. The third kappa shape index (κ3) is 2.74. The number of aryl methyl sites for hydroxylation is 1. The second-order valence-electron chi connectivity index (χ2n) is 4.87. The summed E-state index contributed by atoms with van der Waals surface area (Å²) in [6.45, 7) is 1.83. The van der Waals surface area contributed by atoms with Crippen LogP contribution in [0.15, 0.2) is 53.1 Å². The van der Waals surface area contributed by atoms with Crippen molar-refractivity contribution in [3.63, 3.8) is 0 Å². The molecule has 0 amide bonds. The van der Waals surface area contributed by atoms with Gasteiger partial charge in [0, 0.05) is 11.1 Å². The molecule has 0 aliphatic carbocycles. The maximum atomic E-state index is 6.65. The number of halogens is 3. The molecule has 1 unspecified atom stereocenters. The summed E-state index contributed by atoms with van der Waals surface area (Å²) >= 11 is 19.2. The molecule has 2 nitrogen and oxygen atoms in total. The molecular formula is C17H12Cl3NO. The second kappa shape index (κ2) is 6.33. The summed E-state index contributed by atoms with van der Waals surface area (Å²) in [6.07, 6.45) is 0. The summed E-state index contributed by atoms with van der Waals surface area (Å²) in [7, 11) is 0. The number of nitrogens with zero attached hydrogens (tertiary/aromatic N) is 1. The van der Waals surface area contributed by atoms with Gasteiger partial charge >= 0.3 is 0 Å². The first-order valence-electron chi connectivity index (χ1n) is 6.69. The van der Waals surface area contributed by atoms with Crippen molar-refractivity contribution in [1.29, 1.82) is 0 Å². The fourth-order valence-corrected chi connectivity index (χ4v) is 3.35. The predicted molar refractivity (Wildman–Crippen MR) is 90.8 cm³/mol. The predicted octanol–water partition coefficient (Wildman–Crippen LogP) is 6.29. The van der Waals surface area contributed by atoms with Crippen LogP contribution >= 0.6 is 34.8 Å². The van der Waals surface area contributed by atoms with Gasteiger partial charge in [-0.25, -0.2) is 0 Å². The van der Waals surface area contributed by atoms with Gasteiger partial charge in [0.1, 0.15) is 11.5 Å². The molecule has 3 rings (SSSR count). The van der Waals surface area contributed by atoms with Gasteiger partial charge < -0.3 is 4.52 Å². The third-order valence-electron chi connectivity index (χ3n) is 3.45. The van der Waals surface area contributed by atoms with Crippen LogP contribution in [0.4, 0.5) is 0 Å². The van der Waals surface area contributed by atoms with E-state index >= 15 is 0 Å². The molecule has 5 heteroatoms. The summed E-state index contributed by atoms with van der Waals surface area (Å²) in [6, 6.07) is 15.1. The number of hydrogen-bond acceptors (Lipinski definition) is 2. The number of rotatable bonds is 3. The topological polar surface area (TPSA) is 26.0 Å². The van der Waals surface area contributed by atoms with E-state index in [0.717, 1.165) is 11.1 Å². The third-order valence-corrected chi connectivity index (χ3v) is 4.55. The van der Waals surface area contributed by atoms with Gasteiger partial charge in [0.05, 0.1) is 15.4 Å². The van der Waals surface area contributed by atoms with E-state index in [1.807, 2.05) is 37.3 Å². The van der Waals surface area contributed by atoms with E-state index in [9.17, 15) is 0 Å². The smallest absolute Gasteiger partial charge is 0.139 e. The van der Waals surface area contributed by atoms with E-state index in [1.165, 1.54) is 0 Å². The van der Waals surface area contributed by atoms with Gasteiger partial charge in [0.25, 0.3) is 0 Å². The molecule has 0 radical (unpaired) electrons. The lowest BCUT2D eigenvalue weighted by molar-refractivity contribution is 0.398. The highest BCUT2D eigenvalue weighted by Crippen LogP contribution is 2.42. The zero-order valence-corrected chi connectivity index (χ0v) is 14.0. The monoisotopic (exact) mass is 351 g/mol. The van der Waals surface area contributed by atoms with Crippen molar-refractivity contribution in [2.75, 3.05) is 0 Å². The summed E-state index contributed by atoms with van der Waals surface area (Å²) in [5.41, 5.74) is 2.96. The molecule has 0 fully saturated rings. The van der Waals surface area contributed by atoms with Gasteiger partial charge in [-0.1, -0.05) is 64.8 Å². The van der Waals surface area contributed by atoms with Crippen molar-refractivity contribution >= 4 is 34.8 Å². The van der Waals surface area contributed by atoms with E-state index in [-0.39, 0.29) is 0 Å². The van der Waals surface area contributed by atoms with Crippen LogP contribution in [0.5, 0.6) is 0 Å². The van der Waals surface area contributed by atoms with E-state index in [2.05, 4.69) is 5.16 Å². The molecule has 0 aliphatic rings. The Morgan fingerprint density at radius 3 is 2.23 bits per heavy atom. The first kappa shape index (κ1) is 15.4. The van der Waals surface area contributed by atoms with E-state index in [4.69, 9.17) is 39.3 Å². The molecule has 0 bridgehead atoms. The van der Waals surface area contributed by atoms with Crippen LogP contribution in [0.25, 0.3) is 11.3 Å². The average molecular weight is 353 g/mol. The van der Waals surface area contributed by atoms with Gasteiger partial charge in [0.2, 0.25) is 0 Å². The van der Waals surface area contributed by atoms with Crippen LogP contribution in [0.2, 0.25) is 10.0 Å². The van der Waals surface area contributed by atoms with Crippen LogP contribution in [0.3, 0.4) is 0 Å². The van der Waals surface area contributed by atoms with Gasteiger partial charge in [0.15, 0.2) is 0 Å². The fourth-order valence-electron chi connectivity index (χ4n) is 2.37. The van der Waals surface area contributed by atoms with Crippen LogP contribution in [0, 0.1) is 6.92 Å². The summed E-state index contributed by atoms with van der Waals surface area (Å²) < 4.78 is 5.35. The SMILES string of the molecule is Cc1onc(-c2c(Cl)cccc2Cl)c1C(Cl)c1ccccc1. The Bertz CT molecular complexity index is 779. The molecule has 1 aromatic heterocycles. The Morgan fingerprint density at radius 2 is 1.59 bits per heavy atom. The van der Waals surface area contributed by atoms with Gasteiger partial charge in [-0.3, -0.25) is 0 Å². The average Bonchev–Trinajstić information content (AvgIpc) is 2.89. The van der Waals surface area contributed by atoms with E-state index in [1.54, 1.807) is 18.2 Å². The lowest BCUT2D eigenvalue weighted by Gasteiger charge is -2.12. The molecule has 112 valence electrons. The zero-order chi connectivity index (χ0) is 15.7. The molecule has 0 saturated carbocycles. The second-order valence-corrected chi connectivity index (χ2v) is 6.12. The largest absolute Gasteiger partial charge is 0.361 e. The lowest BCUT2D eigenvalue weighted by atomic mass is 9.99. The Kier molecular flexibility index (Phi) is 4.44. The van der Waals surface area contributed by atoms with E-state index in [0.29, 0.717) is 27.1 Å². The van der Waals surface area contributed by atoms with E-state index < -0.39 is 5.38 Å². The van der Waals surface area contributed by atoms with Gasteiger partial charge in [-0.15, -0.1) is 11.6 Å². The van der Waals surface area contributed by atoms with Gasteiger partial charge in [-0.05, 0) is 24.6 Å². The Hall–Kier alpha value is -1.48. The fraction of sp³-hybridized carbons (Fsp3) is 0.118. The normalized spacial score (nSPS) is 12.4. The molecule has 1 heterocycles. The summed E-state index contributed by atoms with van der Waals surface area (Å²) in [5, 5.41) is 4.76. The highest BCUT2D eigenvalue weighted by molar-refractivity contribution is 6.39. The number of aromatic nitrogens is 1. The van der Waals surface area contributed by atoms with Crippen LogP contribution in [-0.4, -0.2) is 5.16 Å². The Balaban J connectivity index is 2.17. The van der Waals surface area contributed by atoms with Crippen molar-refractivity contribution in [2.24, 2.45) is 0 Å². The van der Waals surface area contributed by atoms with Crippen molar-refractivity contribution in [3.8, 4) is 11.3 Å². The first-order valence-corrected chi connectivity index (χ1v) is 7.88.